The Morgan fingerprint density at radius 1 is 1.73 bits per heavy atom. The molecular weight excluding hydrogens is 190 g/mol. The van der Waals surface area contributed by atoms with Crippen molar-refractivity contribution in [3.63, 3.8) is 0 Å². The maximum Gasteiger partial charge on any atom is 0.110 e. The van der Waals surface area contributed by atoms with Gasteiger partial charge < -0.3 is 10.1 Å². The van der Waals surface area contributed by atoms with Crippen LogP contribution in [0.4, 0.5) is 0 Å². The van der Waals surface area contributed by atoms with Crippen LogP contribution in [0.2, 0.25) is 0 Å². The topological polar surface area (TPSA) is 49.9 Å². The highest BCUT2D eigenvalue weighted by molar-refractivity contribution is 5.07. The van der Waals surface area contributed by atoms with Crippen LogP contribution in [0.15, 0.2) is 24.7 Å². The molecule has 0 amide bonds. The number of hydrogen-bond acceptors (Lipinski definition) is 3. The molecule has 0 saturated carbocycles. The van der Waals surface area contributed by atoms with Crippen LogP contribution >= 0.6 is 0 Å². The number of ether oxygens (including phenoxy) is 1. The van der Waals surface area contributed by atoms with Crippen molar-refractivity contribution in [3.05, 3.63) is 30.3 Å². The Balaban J connectivity index is 1.75. The minimum absolute atomic E-state index is 0.310. The third-order valence-corrected chi connectivity index (χ3v) is 2.69. The van der Waals surface area contributed by atoms with Crippen LogP contribution in [-0.4, -0.2) is 22.8 Å². The van der Waals surface area contributed by atoms with Gasteiger partial charge in [0.1, 0.15) is 6.10 Å². The van der Waals surface area contributed by atoms with Crippen LogP contribution in [0.1, 0.15) is 31.4 Å². The van der Waals surface area contributed by atoms with E-state index in [-0.39, 0.29) is 0 Å². The number of rotatable bonds is 4. The van der Waals surface area contributed by atoms with Gasteiger partial charge in [-0.2, -0.15) is 5.10 Å². The molecule has 15 heavy (non-hydrogen) atoms. The van der Waals surface area contributed by atoms with Crippen LogP contribution in [0.25, 0.3) is 0 Å². The molecule has 0 fully saturated rings. The lowest BCUT2D eigenvalue weighted by Crippen LogP contribution is -2.30. The lowest BCUT2D eigenvalue weighted by Gasteiger charge is -2.21. The zero-order chi connectivity index (χ0) is 10.5. The molecule has 1 aliphatic rings. The van der Waals surface area contributed by atoms with Crippen LogP contribution in [0.5, 0.6) is 0 Å². The highest BCUT2D eigenvalue weighted by Crippen LogP contribution is 2.12. The lowest BCUT2D eigenvalue weighted by atomic mass is 10.1. The van der Waals surface area contributed by atoms with Gasteiger partial charge in [0.25, 0.3) is 0 Å². The highest BCUT2D eigenvalue weighted by Gasteiger charge is 2.13. The van der Waals surface area contributed by atoms with Gasteiger partial charge in [-0.3, -0.25) is 5.10 Å². The fraction of sp³-hybridized carbons (Fsp3) is 0.545. The van der Waals surface area contributed by atoms with Gasteiger partial charge in [0.05, 0.1) is 12.5 Å². The molecule has 2 unspecified atom stereocenters. The van der Waals surface area contributed by atoms with Crippen molar-refractivity contribution in [2.24, 2.45) is 0 Å². The van der Waals surface area contributed by atoms with Gasteiger partial charge in [-0.05, 0) is 25.8 Å². The second-order valence-electron chi connectivity index (χ2n) is 3.87. The van der Waals surface area contributed by atoms with Crippen molar-refractivity contribution in [1.82, 2.24) is 15.5 Å². The van der Waals surface area contributed by atoms with E-state index in [0.717, 1.165) is 19.4 Å². The van der Waals surface area contributed by atoms with Crippen LogP contribution in [-0.2, 0) is 4.74 Å². The first-order valence-corrected chi connectivity index (χ1v) is 5.39. The summed E-state index contributed by atoms with van der Waals surface area (Å²) in [6.45, 7) is 3.01. The average Bonchev–Trinajstić information content (AvgIpc) is 2.81. The fourth-order valence-corrected chi connectivity index (χ4v) is 1.66. The first kappa shape index (κ1) is 10.2. The number of hydrogen-bond donors (Lipinski definition) is 2. The van der Waals surface area contributed by atoms with Crippen molar-refractivity contribution in [3.8, 4) is 0 Å². The smallest absolute Gasteiger partial charge is 0.110 e. The van der Waals surface area contributed by atoms with E-state index in [9.17, 15) is 0 Å². The molecule has 2 atom stereocenters. The van der Waals surface area contributed by atoms with E-state index in [0.29, 0.717) is 12.1 Å². The Morgan fingerprint density at radius 2 is 2.67 bits per heavy atom. The molecule has 2 N–H and O–H groups in total. The first-order chi connectivity index (χ1) is 7.36. The van der Waals surface area contributed by atoms with Crippen LogP contribution < -0.4 is 5.32 Å². The Bertz CT molecular complexity index is 308. The molecule has 0 saturated heterocycles. The van der Waals surface area contributed by atoms with Gasteiger partial charge in [0, 0.05) is 24.3 Å². The third-order valence-electron chi connectivity index (χ3n) is 2.69. The molecule has 82 valence electrons. The largest absolute Gasteiger partial charge is 0.497 e. The summed E-state index contributed by atoms with van der Waals surface area (Å²) in [6.07, 6.45) is 10.2. The molecule has 0 aliphatic carbocycles. The average molecular weight is 207 g/mol. The molecule has 4 heteroatoms. The Hall–Kier alpha value is -1.29. The summed E-state index contributed by atoms with van der Waals surface area (Å²) in [6, 6.07) is 0.318. The second-order valence-corrected chi connectivity index (χ2v) is 3.87. The number of allylic oxidation sites excluding steroid dienone is 1. The number of nitrogens with one attached hydrogen (secondary N) is 2. The predicted octanol–water partition coefficient (Wildman–Crippen LogP) is 1.75. The summed E-state index contributed by atoms with van der Waals surface area (Å²) in [5.74, 6) is 0. The molecule has 1 aliphatic heterocycles. The summed E-state index contributed by atoms with van der Waals surface area (Å²) in [7, 11) is 0. The van der Waals surface area contributed by atoms with Gasteiger partial charge in [0.15, 0.2) is 0 Å². The summed E-state index contributed by atoms with van der Waals surface area (Å²) < 4.78 is 5.48. The summed E-state index contributed by atoms with van der Waals surface area (Å²) in [5.41, 5.74) is 1.18. The van der Waals surface area contributed by atoms with Gasteiger partial charge >= 0.3 is 0 Å². The Morgan fingerprint density at radius 3 is 3.33 bits per heavy atom. The van der Waals surface area contributed by atoms with Crippen LogP contribution in [0.3, 0.4) is 0 Å². The predicted molar refractivity (Wildman–Crippen MR) is 58.3 cm³/mol. The molecule has 1 aromatic rings. The maximum absolute atomic E-state index is 5.48. The number of nitrogens with zero attached hydrogens (tertiary/aromatic N) is 1. The Kier molecular flexibility index (Phi) is 3.40. The number of aromatic nitrogens is 2. The second kappa shape index (κ2) is 4.98. The number of aromatic amines is 1. The summed E-state index contributed by atoms with van der Waals surface area (Å²) in [5, 5.41) is 10.2. The van der Waals surface area contributed by atoms with E-state index >= 15 is 0 Å². The van der Waals surface area contributed by atoms with Crippen molar-refractivity contribution in [2.45, 2.75) is 31.9 Å². The van der Waals surface area contributed by atoms with Crippen molar-refractivity contribution >= 4 is 0 Å². The standard InChI is InChI=1S/C11H17N3O/c1-9(10-6-13-14-7-10)12-8-11-4-2-3-5-15-11/h3,5-7,9,11-12H,2,4,8H2,1H3,(H,13,14). The van der Waals surface area contributed by atoms with Gasteiger partial charge in [-0.15, -0.1) is 0 Å². The lowest BCUT2D eigenvalue weighted by molar-refractivity contribution is 0.120. The minimum Gasteiger partial charge on any atom is -0.497 e. The fourth-order valence-electron chi connectivity index (χ4n) is 1.66. The molecule has 0 bridgehead atoms. The highest BCUT2D eigenvalue weighted by atomic mass is 16.5. The van der Waals surface area contributed by atoms with Crippen molar-refractivity contribution < 1.29 is 4.74 Å². The van der Waals surface area contributed by atoms with E-state index < -0.39 is 0 Å². The molecule has 0 aromatic carbocycles. The monoisotopic (exact) mass is 207 g/mol. The van der Waals surface area contributed by atoms with Crippen molar-refractivity contribution in [1.29, 1.82) is 0 Å². The minimum atomic E-state index is 0.310. The maximum atomic E-state index is 5.48. The SMILES string of the molecule is CC(NCC1CCC=CO1)c1cn[nH]c1. The van der Waals surface area contributed by atoms with Gasteiger partial charge in [-0.1, -0.05) is 0 Å². The van der Waals surface area contributed by atoms with Gasteiger partial charge in [0.2, 0.25) is 0 Å². The van der Waals surface area contributed by atoms with Crippen molar-refractivity contribution in [2.75, 3.05) is 6.54 Å². The van der Waals surface area contributed by atoms with E-state index in [2.05, 4.69) is 28.5 Å². The summed E-state index contributed by atoms with van der Waals surface area (Å²) in [4.78, 5) is 0. The van der Waals surface area contributed by atoms with E-state index in [1.807, 2.05) is 12.4 Å². The molecular formula is C11H17N3O. The third kappa shape index (κ3) is 2.83. The Labute approximate surface area is 89.7 Å². The molecule has 2 rings (SSSR count). The molecule has 2 heterocycles. The zero-order valence-electron chi connectivity index (χ0n) is 8.94. The van der Waals surface area contributed by atoms with E-state index in [4.69, 9.17) is 4.74 Å². The van der Waals surface area contributed by atoms with E-state index in [1.165, 1.54) is 5.56 Å². The molecule has 0 radical (unpaired) electrons. The quantitative estimate of drug-likeness (QED) is 0.791. The normalized spacial score (nSPS) is 22.3. The van der Waals surface area contributed by atoms with Gasteiger partial charge in [-0.25, -0.2) is 0 Å². The molecule has 4 nitrogen and oxygen atoms in total. The van der Waals surface area contributed by atoms with Crippen LogP contribution in [0, 0.1) is 0 Å². The first-order valence-electron chi connectivity index (χ1n) is 5.39. The zero-order valence-corrected chi connectivity index (χ0v) is 8.94. The number of H-pyrrole nitrogens is 1. The van der Waals surface area contributed by atoms with E-state index in [1.54, 1.807) is 6.26 Å². The molecule has 0 spiro atoms. The molecule has 1 aromatic heterocycles. The summed E-state index contributed by atoms with van der Waals surface area (Å²) >= 11 is 0.